The summed E-state index contributed by atoms with van der Waals surface area (Å²) in [7, 11) is 0.702. The van der Waals surface area contributed by atoms with Gasteiger partial charge < -0.3 is 38.7 Å². The van der Waals surface area contributed by atoms with Gasteiger partial charge in [0.15, 0.2) is 0 Å². The van der Waals surface area contributed by atoms with E-state index in [-0.39, 0.29) is 57.0 Å². The van der Waals surface area contributed by atoms with Gasteiger partial charge in [0, 0.05) is 0 Å². The number of hydrogen-bond donors (Lipinski definition) is 0. The topological polar surface area (TPSA) is 26.3 Å². The summed E-state index contributed by atoms with van der Waals surface area (Å²) in [6.45, 7) is 2.00. The van der Waals surface area contributed by atoms with Gasteiger partial charge in [-0.1, -0.05) is 72.8 Å². The Morgan fingerprint density at radius 1 is 0.778 bits per heavy atom. The molecule has 6 heteroatoms. The molecule has 27 heavy (non-hydrogen) atoms. The fraction of sp³-hybridized carbons (Fsp3) is 0.0952. The van der Waals surface area contributed by atoms with Crippen molar-refractivity contribution in [3.63, 3.8) is 0 Å². The molecule has 0 spiro atoms. The molecule has 3 aromatic carbocycles. The summed E-state index contributed by atoms with van der Waals surface area (Å²) in [5, 5.41) is 3.72. The van der Waals surface area contributed by atoms with Crippen LogP contribution in [0.5, 0.6) is 0 Å². The van der Waals surface area contributed by atoms with E-state index in [9.17, 15) is 4.79 Å². The molecule has 0 saturated heterocycles. The van der Waals surface area contributed by atoms with Crippen LogP contribution in [0, 0.1) is 6.92 Å². The van der Waals surface area contributed by atoms with E-state index < -0.39 is 7.92 Å². The second-order valence-corrected chi connectivity index (χ2v) is 7.63. The van der Waals surface area contributed by atoms with Gasteiger partial charge in [0.2, 0.25) is 0 Å². The molecule has 145 valence electrons. The smallest absolute Gasteiger partial charge is 1.00 e. The number of halogens is 2. The van der Waals surface area contributed by atoms with Gasteiger partial charge in [-0.3, -0.25) is 0 Å². The van der Waals surface area contributed by atoms with E-state index in [1.54, 1.807) is 0 Å². The number of benzene rings is 3. The average Bonchev–Trinajstić information content (AvgIpc) is 2.64. The third-order valence-corrected chi connectivity index (χ3v) is 6.58. The molecule has 0 bridgehead atoms. The number of carbonyl (C=O) groups is 1. The zero-order chi connectivity index (χ0) is 16.9. The predicted molar refractivity (Wildman–Crippen MR) is 101 cm³/mol. The Balaban J connectivity index is 0.00000225. The van der Waals surface area contributed by atoms with E-state index in [4.69, 9.17) is 4.74 Å². The zero-order valence-corrected chi connectivity index (χ0v) is 19.8. The Hall–Kier alpha value is -0.961. The fourth-order valence-corrected chi connectivity index (χ4v) is 5.26. The molecule has 0 aliphatic carbocycles. The summed E-state index contributed by atoms with van der Waals surface area (Å²) >= 11 is 0. The number of carbonyl (C=O) groups excluding carboxylic acids is 1. The van der Waals surface area contributed by atoms with E-state index in [0.29, 0.717) is 5.56 Å². The van der Waals surface area contributed by atoms with Crippen molar-refractivity contribution in [2.45, 2.75) is 6.92 Å². The first kappa shape index (κ1) is 26.0. The van der Waals surface area contributed by atoms with Gasteiger partial charge in [0.05, 0.1) is 12.7 Å². The van der Waals surface area contributed by atoms with Crippen molar-refractivity contribution in [2.75, 3.05) is 7.11 Å². The van der Waals surface area contributed by atoms with Crippen LogP contribution >= 0.6 is 7.92 Å². The molecular weight excluding hydrogens is 539 g/mol. The van der Waals surface area contributed by atoms with Crippen LogP contribution < -0.4 is 49.9 Å². The Labute approximate surface area is 193 Å². The van der Waals surface area contributed by atoms with Crippen molar-refractivity contribution in [2.24, 2.45) is 0 Å². The van der Waals surface area contributed by atoms with Crippen molar-refractivity contribution < 1.29 is 60.6 Å². The molecule has 2 nitrogen and oxygen atoms in total. The van der Waals surface area contributed by atoms with Crippen LogP contribution in [-0.2, 0) is 21.8 Å². The number of hydrogen-bond acceptors (Lipinski definition) is 2. The summed E-state index contributed by atoms with van der Waals surface area (Å²) in [6.07, 6.45) is 0. The molecule has 3 aromatic rings. The van der Waals surface area contributed by atoms with Gasteiger partial charge >= 0.3 is 23.0 Å². The van der Waals surface area contributed by atoms with E-state index in [1.807, 2.05) is 31.2 Å². The molecule has 0 fully saturated rings. The number of esters is 1. The van der Waals surface area contributed by atoms with E-state index in [2.05, 4.69) is 54.6 Å². The molecule has 0 aliphatic rings. The summed E-state index contributed by atoms with van der Waals surface area (Å²) in [5.41, 5.74) is 1.62. The average molecular weight is 558 g/mol. The monoisotopic (exact) mass is 555 g/mol. The second kappa shape index (κ2) is 12.5. The summed E-state index contributed by atoms with van der Waals surface area (Å²) in [5.74, 6) is -0.287. The third-order valence-electron chi connectivity index (χ3n) is 3.98. The minimum Gasteiger partial charge on any atom is -1.00 e. The second-order valence-electron chi connectivity index (χ2n) is 5.45. The van der Waals surface area contributed by atoms with Gasteiger partial charge in [0.25, 0.3) is 0 Å². The normalized spacial score (nSPS) is 9.44. The van der Waals surface area contributed by atoms with Gasteiger partial charge in [-0.2, -0.15) is 0 Å². The largest absolute Gasteiger partial charge is 2.00 e. The van der Waals surface area contributed by atoms with Crippen molar-refractivity contribution in [3.05, 3.63) is 90.0 Å². The summed E-state index contributed by atoms with van der Waals surface area (Å²) < 4.78 is 4.93. The maximum Gasteiger partial charge on any atom is 2.00 e. The van der Waals surface area contributed by atoms with Crippen LogP contribution in [0.1, 0.15) is 15.9 Å². The molecule has 0 aromatic heterocycles. The van der Waals surface area contributed by atoms with Crippen molar-refractivity contribution in [1.29, 1.82) is 0 Å². The van der Waals surface area contributed by atoms with Crippen LogP contribution in [0.3, 0.4) is 0 Å². The van der Waals surface area contributed by atoms with Crippen molar-refractivity contribution >= 4 is 29.8 Å². The van der Waals surface area contributed by atoms with Crippen LogP contribution in [-0.4, -0.2) is 13.1 Å². The first-order valence-corrected chi connectivity index (χ1v) is 9.14. The van der Waals surface area contributed by atoms with Gasteiger partial charge in [0.1, 0.15) is 0 Å². The number of methoxy groups -OCH3 is 1. The van der Waals surface area contributed by atoms with Crippen LogP contribution in [0.4, 0.5) is 0 Å². The quantitative estimate of drug-likeness (QED) is 0.202. The number of rotatable bonds is 4. The van der Waals surface area contributed by atoms with Crippen LogP contribution in [0.15, 0.2) is 78.9 Å². The predicted octanol–water partition coefficient (Wildman–Crippen LogP) is -2.45. The minimum absolute atomic E-state index is 0. The maximum atomic E-state index is 12.1. The van der Waals surface area contributed by atoms with E-state index in [0.717, 1.165) is 5.56 Å². The third kappa shape index (κ3) is 6.01. The molecule has 1 radical (unpaired) electrons. The Morgan fingerprint density at radius 3 is 1.70 bits per heavy atom. The molecule has 0 heterocycles. The molecule has 0 aliphatic heterocycles. The Kier molecular flexibility index (Phi) is 12.0. The first-order valence-electron chi connectivity index (χ1n) is 7.80. The van der Waals surface area contributed by atoms with Crippen molar-refractivity contribution in [1.82, 2.24) is 0 Å². The molecule has 0 unspecified atom stereocenters. The van der Waals surface area contributed by atoms with Gasteiger partial charge in [-0.15, -0.1) is 0 Å². The molecule has 0 saturated carbocycles. The Morgan fingerprint density at radius 2 is 1.26 bits per heavy atom. The van der Waals surface area contributed by atoms with Crippen LogP contribution in [0.2, 0.25) is 0 Å². The molecule has 3 rings (SSSR count). The molecule has 0 N–H and O–H groups in total. The molecule has 0 amide bonds. The summed E-state index contributed by atoms with van der Waals surface area (Å²) in [6, 6.07) is 26.8. The zero-order valence-electron chi connectivity index (χ0n) is 14.8. The van der Waals surface area contributed by atoms with E-state index >= 15 is 0 Å². The summed E-state index contributed by atoms with van der Waals surface area (Å²) in [4.78, 5) is 12.1. The van der Waals surface area contributed by atoms with Crippen LogP contribution in [0.25, 0.3) is 0 Å². The van der Waals surface area contributed by atoms with Gasteiger partial charge in [-0.05, 0) is 42.4 Å². The van der Waals surface area contributed by atoms with E-state index in [1.165, 1.54) is 23.0 Å². The molecular formula is C21H19Br2CuO2P. The maximum absolute atomic E-state index is 12.1. The SMILES string of the molecule is COC(=O)c1cccc(P(c2ccccc2)c2ccccc2)c1C.[Br-].[Br-].[Cu+2]. The minimum atomic E-state index is -0.721. The standard InChI is InChI=1S/C21H19O2P.2BrH.Cu/c1-16-19(21(22)23-2)14-9-15-20(16)24(17-10-5-3-6-11-17)18-12-7-4-8-13-18;;;/h3-15H,1-2H3;2*1H;/q;;;+2/p-2. The first-order chi connectivity index (χ1) is 11.7. The number of ether oxygens (including phenoxy) is 1. The molecule has 0 atom stereocenters. The van der Waals surface area contributed by atoms with Gasteiger partial charge in [-0.25, -0.2) is 4.79 Å². The van der Waals surface area contributed by atoms with Crippen molar-refractivity contribution in [3.8, 4) is 0 Å². The fourth-order valence-electron chi connectivity index (χ4n) is 2.78. The Bertz CT molecular complexity index is 806.